The van der Waals surface area contributed by atoms with Crippen LogP contribution in [0.2, 0.25) is 5.02 Å². The van der Waals surface area contributed by atoms with Gasteiger partial charge >= 0.3 is 0 Å². The molecule has 2 aromatic rings. The zero-order chi connectivity index (χ0) is 18.7. The topological polar surface area (TPSA) is 82.4 Å². The molecule has 1 atom stereocenters. The summed E-state index contributed by atoms with van der Waals surface area (Å²) in [7, 11) is 0. The summed E-state index contributed by atoms with van der Waals surface area (Å²) in [5.74, 6) is -0.109. The SMILES string of the molecule is C[C@H]1CC(=O)Nc2ccccc2N1C(=O)COc1ccc(C#N)cc1Cl. The van der Waals surface area contributed by atoms with Crippen molar-refractivity contribution in [3.8, 4) is 11.8 Å². The van der Waals surface area contributed by atoms with Crippen molar-refractivity contribution in [1.82, 2.24) is 0 Å². The van der Waals surface area contributed by atoms with Crippen LogP contribution in [-0.2, 0) is 9.59 Å². The number of benzene rings is 2. The number of nitrogens with zero attached hydrogens (tertiary/aromatic N) is 2. The Hall–Kier alpha value is -3.04. The molecule has 2 aromatic carbocycles. The zero-order valence-electron chi connectivity index (χ0n) is 14.0. The lowest BCUT2D eigenvalue weighted by Crippen LogP contribution is -2.41. The van der Waals surface area contributed by atoms with Gasteiger partial charge in [-0.15, -0.1) is 0 Å². The van der Waals surface area contributed by atoms with Crippen LogP contribution in [0, 0.1) is 11.3 Å². The fourth-order valence-electron chi connectivity index (χ4n) is 2.86. The van der Waals surface area contributed by atoms with Crippen molar-refractivity contribution in [2.45, 2.75) is 19.4 Å². The van der Waals surface area contributed by atoms with Gasteiger partial charge in [-0.2, -0.15) is 5.26 Å². The van der Waals surface area contributed by atoms with E-state index < -0.39 is 0 Å². The normalized spacial score (nSPS) is 16.1. The van der Waals surface area contributed by atoms with Gasteiger partial charge in [-0.1, -0.05) is 23.7 Å². The summed E-state index contributed by atoms with van der Waals surface area (Å²) >= 11 is 6.08. The molecule has 26 heavy (non-hydrogen) atoms. The van der Waals surface area contributed by atoms with E-state index in [4.69, 9.17) is 21.6 Å². The van der Waals surface area contributed by atoms with Crippen molar-refractivity contribution < 1.29 is 14.3 Å². The van der Waals surface area contributed by atoms with E-state index in [9.17, 15) is 9.59 Å². The number of hydrogen-bond donors (Lipinski definition) is 1. The van der Waals surface area contributed by atoms with Crippen LogP contribution in [0.3, 0.4) is 0 Å². The highest BCUT2D eigenvalue weighted by molar-refractivity contribution is 6.32. The molecule has 0 fully saturated rings. The molecule has 1 N–H and O–H groups in total. The van der Waals surface area contributed by atoms with Crippen LogP contribution in [-0.4, -0.2) is 24.5 Å². The summed E-state index contributed by atoms with van der Waals surface area (Å²) in [5.41, 5.74) is 1.63. The van der Waals surface area contributed by atoms with Crippen molar-refractivity contribution in [2.24, 2.45) is 0 Å². The van der Waals surface area contributed by atoms with Gasteiger partial charge < -0.3 is 15.0 Å². The van der Waals surface area contributed by atoms with Crippen LogP contribution in [0.15, 0.2) is 42.5 Å². The number of rotatable bonds is 3. The average molecular weight is 370 g/mol. The van der Waals surface area contributed by atoms with Crippen molar-refractivity contribution in [2.75, 3.05) is 16.8 Å². The Morgan fingerprint density at radius 1 is 1.38 bits per heavy atom. The number of ether oxygens (including phenoxy) is 1. The highest BCUT2D eigenvalue weighted by Gasteiger charge is 2.29. The van der Waals surface area contributed by atoms with Gasteiger partial charge in [0.25, 0.3) is 5.91 Å². The molecule has 0 saturated carbocycles. The molecule has 0 radical (unpaired) electrons. The van der Waals surface area contributed by atoms with E-state index in [1.807, 2.05) is 19.1 Å². The van der Waals surface area contributed by atoms with Crippen molar-refractivity contribution in [3.05, 3.63) is 53.1 Å². The second-order valence-electron chi connectivity index (χ2n) is 5.93. The highest BCUT2D eigenvalue weighted by Crippen LogP contribution is 2.31. The van der Waals surface area contributed by atoms with Crippen LogP contribution in [0.5, 0.6) is 5.75 Å². The molecule has 0 spiro atoms. The Labute approximate surface area is 155 Å². The summed E-state index contributed by atoms with van der Waals surface area (Å²) in [4.78, 5) is 26.3. The molecule has 1 aliphatic rings. The van der Waals surface area contributed by atoms with Gasteiger partial charge in [0.15, 0.2) is 6.61 Å². The fourth-order valence-corrected chi connectivity index (χ4v) is 3.10. The lowest BCUT2D eigenvalue weighted by atomic mass is 10.1. The molecule has 0 saturated heterocycles. The number of carbonyl (C=O) groups excluding carboxylic acids is 2. The van der Waals surface area contributed by atoms with Gasteiger partial charge in [-0.05, 0) is 37.3 Å². The Balaban J connectivity index is 1.81. The number of halogens is 1. The lowest BCUT2D eigenvalue weighted by molar-refractivity contribution is -0.121. The smallest absolute Gasteiger partial charge is 0.265 e. The molecule has 0 bridgehead atoms. The third-order valence-corrected chi connectivity index (χ3v) is 4.34. The van der Waals surface area contributed by atoms with E-state index in [0.717, 1.165) is 0 Å². The summed E-state index contributed by atoms with van der Waals surface area (Å²) < 4.78 is 5.54. The summed E-state index contributed by atoms with van der Waals surface area (Å²) in [6.07, 6.45) is 0.193. The Bertz CT molecular complexity index is 907. The first-order chi connectivity index (χ1) is 12.5. The van der Waals surface area contributed by atoms with Crippen molar-refractivity contribution in [1.29, 1.82) is 5.26 Å². The van der Waals surface area contributed by atoms with Gasteiger partial charge in [0.2, 0.25) is 5.91 Å². The molecule has 7 heteroatoms. The van der Waals surface area contributed by atoms with Crippen LogP contribution in [0.25, 0.3) is 0 Å². The van der Waals surface area contributed by atoms with E-state index >= 15 is 0 Å². The van der Waals surface area contributed by atoms with Crippen LogP contribution < -0.4 is 15.0 Å². The average Bonchev–Trinajstić information content (AvgIpc) is 2.74. The van der Waals surface area contributed by atoms with E-state index in [2.05, 4.69) is 5.32 Å². The summed E-state index contributed by atoms with van der Waals surface area (Å²) in [6.45, 7) is 1.58. The van der Waals surface area contributed by atoms with E-state index in [1.54, 1.807) is 35.2 Å². The maximum atomic E-state index is 12.8. The largest absolute Gasteiger partial charge is 0.482 e. The quantitative estimate of drug-likeness (QED) is 0.899. The number of hydrogen-bond acceptors (Lipinski definition) is 4. The number of amides is 2. The molecule has 1 aliphatic heterocycles. The lowest BCUT2D eigenvalue weighted by Gasteiger charge is -2.27. The maximum absolute atomic E-state index is 12.8. The molecule has 3 rings (SSSR count). The number of carbonyl (C=O) groups is 2. The predicted molar refractivity (Wildman–Crippen MR) is 98.3 cm³/mol. The number of anilines is 2. The molecular formula is C19H16ClN3O3. The van der Waals surface area contributed by atoms with E-state index in [1.165, 1.54) is 6.07 Å². The molecule has 1 heterocycles. The summed E-state index contributed by atoms with van der Waals surface area (Å²) in [6, 6.07) is 13.4. The Kier molecular flexibility index (Phi) is 5.10. The monoisotopic (exact) mass is 369 g/mol. The van der Waals surface area contributed by atoms with Crippen LogP contribution >= 0.6 is 11.6 Å². The van der Waals surface area contributed by atoms with Crippen molar-refractivity contribution >= 4 is 34.8 Å². The van der Waals surface area contributed by atoms with E-state index in [0.29, 0.717) is 22.7 Å². The standard InChI is InChI=1S/C19H16ClN3O3/c1-12-8-18(24)22-15-4-2-3-5-16(15)23(12)19(25)11-26-17-7-6-13(10-21)9-14(17)20/h2-7,9,12H,8,11H2,1H3,(H,22,24)/t12-/m0/s1. The van der Waals surface area contributed by atoms with Gasteiger partial charge in [0.1, 0.15) is 5.75 Å². The second-order valence-corrected chi connectivity index (χ2v) is 6.34. The molecular weight excluding hydrogens is 354 g/mol. The molecule has 0 aromatic heterocycles. The first-order valence-corrected chi connectivity index (χ1v) is 8.41. The molecule has 2 amide bonds. The molecule has 6 nitrogen and oxygen atoms in total. The van der Waals surface area contributed by atoms with E-state index in [-0.39, 0.29) is 35.9 Å². The number of nitriles is 1. The Morgan fingerprint density at radius 3 is 2.88 bits per heavy atom. The third kappa shape index (κ3) is 3.63. The first-order valence-electron chi connectivity index (χ1n) is 8.03. The van der Waals surface area contributed by atoms with Gasteiger partial charge in [-0.25, -0.2) is 0 Å². The minimum atomic E-state index is -0.314. The maximum Gasteiger partial charge on any atom is 0.265 e. The van der Waals surface area contributed by atoms with Gasteiger partial charge in [0.05, 0.1) is 28.0 Å². The van der Waals surface area contributed by atoms with Crippen molar-refractivity contribution in [3.63, 3.8) is 0 Å². The fraction of sp³-hybridized carbons (Fsp3) is 0.211. The molecule has 132 valence electrons. The van der Waals surface area contributed by atoms with Crippen LogP contribution in [0.1, 0.15) is 18.9 Å². The second kappa shape index (κ2) is 7.46. The first kappa shape index (κ1) is 17.8. The minimum absolute atomic E-state index is 0.142. The van der Waals surface area contributed by atoms with Crippen LogP contribution in [0.4, 0.5) is 11.4 Å². The number of nitrogens with one attached hydrogen (secondary N) is 1. The minimum Gasteiger partial charge on any atom is -0.482 e. The number of fused-ring (bicyclic) bond motifs is 1. The highest BCUT2D eigenvalue weighted by atomic mass is 35.5. The summed E-state index contributed by atoms with van der Waals surface area (Å²) in [5, 5.41) is 11.9. The predicted octanol–water partition coefficient (Wildman–Crippen LogP) is 3.35. The number of para-hydroxylation sites is 2. The molecule has 0 unspecified atom stereocenters. The molecule has 0 aliphatic carbocycles. The third-order valence-electron chi connectivity index (χ3n) is 4.04. The Morgan fingerprint density at radius 2 is 2.15 bits per heavy atom. The van der Waals surface area contributed by atoms with Gasteiger partial charge in [-0.3, -0.25) is 9.59 Å². The zero-order valence-corrected chi connectivity index (χ0v) is 14.8. The van der Waals surface area contributed by atoms with Gasteiger partial charge in [0, 0.05) is 12.5 Å².